The molecule has 1 aliphatic carbocycles. The van der Waals surface area contributed by atoms with Crippen LogP contribution in [-0.4, -0.2) is 6.71 Å². The minimum absolute atomic E-state index is 0.0121. The maximum absolute atomic E-state index is 7.21. The summed E-state index contributed by atoms with van der Waals surface area (Å²) in [6.45, 7) is 20.4. The van der Waals surface area contributed by atoms with Crippen molar-refractivity contribution in [2.45, 2.75) is 97.8 Å². The molecule has 0 radical (unpaired) electrons. The first-order valence-corrected chi connectivity index (χ1v) is 22.5. The third-order valence-electron chi connectivity index (χ3n) is 13.7. The average molecular weight is 811 g/mol. The van der Waals surface area contributed by atoms with Crippen LogP contribution < -0.4 is 31.1 Å². The number of fused-ring (bicyclic) bond motifs is 8. The summed E-state index contributed by atoms with van der Waals surface area (Å²) in [5, 5.41) is 3.55. The van der Waals surface area contributed by atoms with Gasteiger partial charge in [-0.05, 0) is 140 Å². The smallest absolute Gasteiger partial charge is 0.301 e. The van der Waals surface area contributed by atoms with Crippen LogP contribution in [-0.2, 0) is 29.1 Å². The van der Waals surface area contributed by atoms with Crippen molar-refractivity contribution >= 4 is 79.2 Å². The van der Waals surface area contributed by atoms with Gasteiger partial charge in [0.05, 0.1) is 17.0 Å². The quantitative estimate of drug-likeness (QED) is 0.166. The van der Waals surface area contributed by atoms with Gasteiger partial charge in [0, 0.05) is 39.7 Å². The summed E-state index contributed by atoms with van der Waals surface area (Å²) < 4.78 is 14.4. The molecule has 308 valence electrons. The van der Waals surface area contributed by atoms with Gasteiger partial charge in [-0.3, -0.25) is 0 Å². The third kappa shape index (κ3) is 6.26. The van der Waals surface area contributed by atoms with E-state index in [1.165, 1.54) is 45.0 Å². The highest BCUT2D eigenvalue weighted by molar-refractivity contribution is 6.99. The Morgan fingerprint density at radius 3 is 1.97 bits per heavy atom. The second kappa shape index (κ2) is 13.7. The first kappa shape index (κ1) is 38.7. The molecule has 7 aromatic carbocycles. The number of benzene rings is 7. The van der Waals surface area contributed by atoms with Gasteiger partial charge in [0.1, 0.15) is 17.1 Å². The molecule has 0 unspecified atom stereocenters. The highest BCUT2D eigenvalue weighted by atomic mass is 16.5. The summed E-state index contributed by atoms with van der Waals surface area (Å²) in [5.41, 5.74) is 17.4. The highest BCUT2D eigenvalue weighted by Gasteiger charge is 2.46. The average Bonchev–Trinajstić information content (AvgIpc) is 3.87. The molecule has 0 atom stereocenters. The summed E-state index contributed by atoms with van der Waals surface area (Å²) in [7, 11) is 0. The lowest BCUT2D eigenvalue weighted by Crippen LogP contribution is -2.59. The van der Waals surface area contributed by atoms with Crippen LogP contribution in [0.15, 0.2) is 138 Å². The number of hydrogen-bond donors (Lipinski definition) is 0. The Kier molecular flexibility index (Phi) is 8.52. The second-order valence-corrected chi connectivity index (χ2v) is 21.0. The van der Waals surface area contributed by atoms with Gasteiger partial charge in [-0.25, -0.2) is 0 Å². The minimum atomic E-state index is -0.181. The van der Waals surface area contributed by atoms with E-state index in [4.69, 9.17) is 9.15 Å². The van der Waals surface area contributed by atoms with Crippen LogP contribution in [0.25, 0.3) is 21.7 Å². The van der Waals surface area contributed by atoms with Crippen molar-refractivity contribution in [1.82, 2.24) is 0 Å². The summed E-state index contributed by atoms with van der Waals surface area (Å²) >= 11 is 0. The molecule has 0 fully saturated rings. The summed E-state index contributed by atoms with van der Waals surface area (Å²) in [5.74, 6) is 1.72. The molecule has 11 rings (SSSR count). The van der Waals surface area contributed by atoms with E-state index >= 15 is 0 Å². The molecule has 0 saturated heterocycles. The zero-order chi connectivity index (χ0) is 42.9. The molecule has 5 heteroatoms. The van der Waals surface area contributed by atoms with Gasteiger partial charge in [-0.15, -0.1) is 0 Å². The number of hydrogen-bond acceptors (Lipinski definition) is 4. The molecule has 3 aliphatic rings. The van der Waals surface area contributed by atoms with Gasteiger partial charge in [0.15, 0.2) is 0 Å². The summed E-state index contributed by atoms with van der Waals surface area (Å²) in [6, 6.07) is 50.1. The Labute approximate surface area is 367 Å². The molecule has 3 heterocycles. The molecular weight excluding hydrogens is 755 g/mol. The van der Waals surface area contributed by atoms with Crippen molar-refractivity contribution in [2.75, 3.05) is 9.80 Å². The largest absolute Gasteiger partial charge is 0.468 e. The molecule has 0 saturated carbocycles. The fourth-order valence-electron chi connectivity index (χ4n) is 10.1. The number of furan rings is 1. The van der Waals surface area contributed by atoms with Crippen molar-refractivity contribution in [2.24, 2.45) is 0 Å². The van der Waals surface area contributed by atoms with E-state index in [1.54, 1.807) is 0 Å². The minimum Gasteiger partial charge on any atom is -0.468 e. The van der Waals surface area contributed by atoms with Gasteiger partial charge in [-0.1, -0.05) is 129 Å². The molecule has 4 nitrogen and oxygen atoms in total. The predicted octanol–water partition coefficient (Wildman–Crippen LogP) is 13.8. The Morgan fingerprint density at radius 1 is 0.548 bits per heavy atom. The summed E-state index contributed by atoms with van der Waals surface area (Å²) in [4.78, 5) is 4.92. The van der Waals surface area contributed by atoms with E-state index in [0.29, 0.717) is 0 Å². The van der Waals surface area contributed by atoms with E-state index in [0.717, 1.165) is 86.0 Å². The predicted molar refractivity (Wildman–Crippen MR) is 262 cm³/mol. The van der Waals surface area contributed by atoms with Crippen LogP contribution in [0.4, 0.5) is 34.1 Å². The van der Waals surface area contributed by atoms with E-state index in [9.17, 15) is 0 Å². The number of rotatable bonds is 4. The lowest BCUT2D eigenvalue weighted by atomic mass is 9.36. The fraction of sp³-hybridized carbons (Fsp3) is 0.263. The van der Waals surface area contributed by atoms with Gasteiger partial charge < -0.3 is 19.0 Å². The lowest BCUT2D eigenvalue weighted by molar-refractivity contribution is 0.486. The van der Waals surface area contributed by atoms with Crippen molar-refractivity contribution in [3.8, 4) is 11.5 Å². The first-order valence-electron chi connectivity index (χ1n) is 22.5. The third-order valence-corrected chi connectivity index (χ3v) is 13.7. The molecule has 1 aromatic heterocycles. The first-order chi connectivity index (χ1) is 29.6. The van der Waals surface area contributed by atoms with Crippen molar-refractivity contribution in [3.63, 3.8) is 0 Å². The van der Waals surface area contributed by atoms with Crippen molar-refractivity contribution < 1.29 is 9.15 Å². The Hall–Kier alpha value is -6.20. The molecule has 62 heavy (non-hydrogen) atoms. The molecule has 0 bridgehead atoms. The maximum atomic E-state index is 7.21. The molecule has 0 spiro atoms. The van der Waals surface area contributed by atoms with Gasteiger partial charge in [0.2, 0.25) is 0 Å². The van der Waals surface area contributed by atoms with Crippen molar-refractivity contribution in [1.29, 1.82) is 0 Å². The zero-order valence-corrected chi connectivity index (χ0v) is 37.6. The topological polar surface area (TPSA) is 28.9 Å². The molecule has 2 aliphatic heterocycles. The Bertz CT molecular complexity index is 3100. The molecule has 0 N–H and O–H groups in total. The van der Waals surface area contributed by atoms with Crippen LogP contribution >= 0.6 is 0 Å². The second-order valence-electron chi connectivity index (χ2n) is 21.0. The number of ether oxygens (including phenoxy) is 1. The fourth-order valence-corrected chi connectivity index (χ4v) is 10.1. The number of nitrogens with zero attached hydrogens (tertiary/aromatic N) is 2. The highest BCUT2D eigenvalue weighted by Crippen LogP contribution is 2.49. The van der Waals surface area contributed by atoms with Gasteiger partial charge in [-0.2, -0.15) is 0 Å². The Balaban J connectivity index is 1.23. The molecular formula is C57H55BN2O2. The monoisotopic (exact) mass is 810 g/mol. The zero-order valence-electron chi connectivity index (χ0n) is 37.6. The normalized spacial score (nSPS) is 14.4. The van der Waals surface area contributed by atoms with Crippen LogP contribution in [0, 0.1) is 0 Å². The van der Waals surface area contributed by atoms with Crippen LogP contribution in [0.5, 0.6) is 11.5 Å². The van der Waals surface area contributed by atoms with Crippen LogP contribution in [0.2, 0.25) is 0 Å². The van der Waals surface area contributed by atoms with Crippen LogP contribution in [0.1, 0.15) is 96.6 Å². The number of anilines is 6. The Morgan fingerprint density at radius 2 is 1.21 bits per heavy atom. The van der Waals surface area contributed by atoms with Gasteiger partial charge in [0.25, 0.3) is 0 Å². The lowest BCUT2D eigenvalue weighted by Gasteiger charge is -2.39. The molecule has 8 aromatic rings. The van der Waals surface area contributed by atoms with E-state index in [1.807, 2.05) is 0 Å². The molecule has 0 amide bonds. The van der Waals surface area contributed by atoms with E-state index < -0.39 is 0 Å². The SMILES string of the molecule is CC(C)(C)c1ccc(N2c3cc(N(c4ccc5c(c4)CCC5)c4ccc5ccccc5c4)cc4c3B(c3cc(C(C)(C)C)ccc3O4)c3oc4ccc(C(C)(C)C)cc4c32)cc1. The summed E-state index contributed by atoms with van der Waals surface area (Å²) in [6.07, 6.45) is 3.44. The van der Waals surface area contributed by atoms with E-state index in [-0.39, 0.29) is 23.0 Å². The van der Waals surface area contributed by atoms with Gasteiger partial charge >= 0.3 is 6.71 Å². The van der Waals surface area contributed by atoms with Crippen molar-refractivity contribution in [3.05, 3.63) is 161 Å². The van der Waals surface area contributed by atoms with E-state index in [2.05, 4.69) is 206 Å². The maximum Gasteiger partial charge on any atom is 0.301 e. The van der Waals surface area contributed by atoms with Crippen LogP contribution in [0.3, 0.4) is 0 Å². The standard InChI is InChI=1S/C57H55BN2O2/c1-55(2,3)39-19-25-42(26-20-39)60-48-33-45(59(44-24-18-36-15-12-16-38(36)30-44)43-23-17-35-13-10-11-14-37(35)29-43)34-51-52(48)58(47-32-41(57(7,8)9)22-28-50(47)61-51)54-53(60)46-31-40(56(4,5)6)21-27-49(46)62-54/h10-11,13-14,17-34H,12,15-16H2,1-9H3. The number of aryl methyl sites for hydroxylation is 2.